The van der Waals surface area contributed by atoms with Crippen molar-refractivity contribution in [2.75, 3.05) is 25.1 Å². The third-order valence-electron chi connectivity index (χ3n) is 6.50. The molecule has 0 unspecified atom stereocenters. The highest BCUT2D eigenvalue weighted by Crippen LogP contribution is 2.38. The summed E-state index contributed by atoms with van der Waals surface area (Å²) in [5.74, 6) is 1.74. The van der Waals surface area contributed by atoms with Crippen LogP contribution in [0.5, 0.6) is 5.75 Å². The van der Waals surface area contributed by atoms with Crippen LogP contribution in [0.1, 0.15) is 33.6 Å². The molecule has 1 saturated heterocycles. The maximum absolute atomic E-state index is 6.31. The molecule has 174 valence electrons. The van der Waals surface area contributed by atoms with Gasteiger partial charge in [0.25, 0.3) is 0 Å². The van der Waals surface area contributed by atoms with Crippen molar-refractivity contribution in [2.24, 2.45) is 18.2 Å². The van der Waals surface area contributed by atoms with Gasteiger partial charge in [-0.3, -0.25) is 0 Å². The number of anilines is 1. The molecule has 3 aromatic heterocycles. The van der Waals surface area contributed by atoms with E-state index in [1.807, 2.05) is 12.3 Å². The fourth-order valence-corrected chi connectivity index (χ4v) is 5.06. The van der Waals surface area contributed by atoms with Crippen molar-refractivity contribution < 1.29 is 4.74 Å². The number of hydrogen-bond acceptors (Lipinski definition) is 5. The van der Waals surface area contributed by atoms with Crippen LogP contribution in [0.25, 0.3) is 33.6 Å². The van der Waals surface area contributed by atoms with Crippen LogP contribution in [0.4, 0.5) is 5.69 Å². The van der Waals surface area contributed by atoms with Gasteiger partial charge in [0, 0.05) is 44.3 Å². The Morgan fingerprint density at radius 3 is 2.76 bits per heavy atom. The molecule has 2 N–H and O–H groups in total. The number of pyridine rings is 1. The lowest BCUT2D eigenvalue weighted by atomic mass is 9.97. The predicted molar refractivity (Wildman–Crippen MR) is 135 cm³/mol. The van der Waals surface area contributed by atoms with Crippen LogP contribution in [0, 0.1) is 5.41 Å². The van der Waals surface area contributed by atoms with E-state index >= 15 is 0 Å². The second kappa shape index (κ2) is 8.06. The number of aromatic nitrogens is 4. The molecule has 1 fully saturated rings. The summed E-state index contributed by atoms with van der Waals surface area (Å²) >= 11 is 0. The summed E-state index contributed by atoms with van der Waals surface area (Å²) in [6.45, 7) is 9.44. The van der Waals surface area contributed by atoms with E-state index in [1.165, 1.54) is 0 Å². The smallest absolute Gasteiger partial charge is 0.157 e. The normalized spacial score (nSPS) is 17.3. The molecule has 1 aromatic carbocycles. The van der Waals surface area contributed by atoms with Crippen LogP contribution >= 0.6 is 0 Å². The fourth-order valence-electron chi connectivity index (χ4n) is 5.06. The van der Waals surface area contributed by atoms with E-state index < -0.39 is 0 Å². The largest absolute Gasteiger partial charge is 0.494 e. The van der Waals surface area contributed by atoms with Gasteiger partial charge >= 0.3 is 0 Å². The predicted octanol–water partition coefficient (Wildman–Crippen LogP) is 4.57. The zero-order valence-corrected chi connectivity index (χ0v) is 20.3. The number of rotatable bonds is 4. The van der Waals surface area contributed by atoms with Crippen LogP contribution in [0.3, 0.4) is 0 Å². The minimum absolute atomic E-state index is 0.0929. The molecular weight excluding hydrogens is 412 g/mol. The number of imidazole rings is 1. The maximum atomic E-state index is 6.31. The molecule has 0 amide bonds. The summed E-state index contributed by atoms with van der Waals surface area (Å²) in [6, 6.07) is 10.7. The Morgan fingerprint density at radius 1 is 1.21 bits per heavy atom. The molecule has 1 aliphatic heterocycles. The number of hydrogen-bond donors (Lipinski definition) is 1. The van der Waals surface area contributed by atoms with Crippen molar-refractivity contribution >= 4 is 27.8 Å². The van der Waals surface area contributed by atoms with Crippen LogP contribution in [-0.2, 0) is 13.6 Å². The Hall–Kier alpha value is -3.06. The molecule has 0 spiro atoms. The van der Waals surface area contributed by atoms with E-state index in [-0.39, 0.29) is 11.5 Å². The second-order valence-electron chi connectivity index (χ2n) is 10.4. The quantitative estimate of drug-likeness (QED) is 0.497. The Morgan fingerprint density at radius 2 is 2.03 bits per heavy atom. The van der Waals surface area contributed by atoms with E-state index in [9.17, 15) is 0 Å². The number of piperidine rings is 1. The van der Waals surface area contributed by atoms with Gasteiger partial charge in [0.05, 0.1) is 18.5 Å². The molecule has 7 nitrogen and oxygen atoms in total. The lowest BCUT2D eigenvalue weighted by Gasteiger charge is -2.32. The van der Waals surface area contributed by atoms with E-state index in [1.54, 1.807) is 7.11 Å². The first-order valence-corrected chi connectivity index (χ1v) is 11.8. The lowest BCUT2D eigenvalue weighted by Crippen LogP contribution is -2.42. The highest BCUT2D eigenvalue weighted by atomic mass is 16.5. The van der Waals surface area contributed by atoms with Crippen molar-refractivity contribution in [2.45, 2.75) is 46.2 Å². The first-order valence-electron chi connectivity index (χ1n) is 11.8. The molecule has 5 rings (SSSR count). The van der Waals surface area contributed by atoms with Gasteiger partial charge in [0.2, 0.25) is 0 Å². The fraction of sp³-hybridized carbons (Fsp3) is 0.462. The molecule has 0 radical (unpaired) electrons. The topological polar surface area (TPSA) is 74.1 Å². The molecule has 33 heavy (non-hydrogen) atoms. The van der Waals surface area contributed by atoms with Gasteiger partial charge in [0.1, 0.15) is 22.4 Å². The summed E-state index contributed by atoms with van der Waals surface area (Å²) in [5.41, 5.74) is 11.5. The molecule has 0 bridgehead atoms. The summed E-state index contributed by atoms with van der Waals surface area (Å²) in [5, 5.41) is 1.12. The van der Waals surface area contributed by atoms with Gasteiger partial charge in [0.15, 0.2) is 5.82 Å². The molecule has 4 aromatic rings. The number of methoxy groups -OCH3 is 1. The highest BCUT2D eigenvalue weighted by Gasteiger charge is 2.26. The third kappa shape index (κ3) is 3.84. The van der Waals surface area contributed by atoms with Crippen molar-refractivity contribution in [1.29, 1.82) is 0 Å². The molecule has 7 heteroatoms. The number of ether oxygens (including phenoxy) is 1. The van der Waals surface area contributed by atoms with E-state index in [4.69, 9.17) is 20.4 Å². The van der Waals surface area contributed by atoms with Crippen LogP contribution in [0.2, 0.25) is 0 Å². The molecular formula is C26H34N6O. The standard InChI is InChI=1S/C26H34N6O/c1-26(2,3)16-32-20(14-17-8-6-12-28-24(17)32)25-29-22-19(31-13-7-9-18(27)15-31)10-11-21(33-5)23(22)30(25)4/h6,8,10-12,14,18H,7,9,13,15-16,27H2,1-5H3/t18-/m1/s1. The zero-order valence-electron chi connectivity index (χ0n) is 20.3. The highest BCUT2D eigenvalue weighted by molar-refractivity contribution is 5.96. The van der Waals surface area contributed by atoms with Gasteiger partial charge in [-0.25, -0.2) is 9.97 Å². The second-order valence-corrected chi connectivity index (χ2v) is 10.4. The summed E-state index contributed by atoms with van der Waals surface area (Å²) in [6.07, 6.45) is 4.03. The summed E-state index contributed by atoms with van der Waals surface area (Å²) in [7, 11) is 3.80. The summed E-state index contributed by atoms with van der Waals surface area (Å²) in [4.78, 5) is 12.3. The Kier molecular flexibility index (Phi) is 5.32. The molecule has 1 atom stereocenters. The van der Waals surface area contributed by atoms with Gasteiger partial charge < -0.3 is 24.5 Å². The SMILES string of the molecule is COc1ccc(N2CCC[C@@H](N)C2)c2nc(-c3cc4cccnc4n3CC(C)(C)C)n(C)c12. The van der Waals surface area contributed by atoms with E-state index in [2.05, 4.69) is 66.1 Å². The lowest BCUT2D eigenvalue weighted by molar-refractivity contribution is 0.350. The van der Waals surface area contributed by atoms with Gasteiger partial charge in [-0.15, -0.1) is 0 Å². The van der Waals surface area contributed by atoms with Crippen LogP contribution in [-0.4, -0.2) is 45.3 Å². The average Bonchev–Trinajstić information content (AvgIpc) is 3.30. The minimum Gasteiger partial charge on any atom is -0.494 e. The van der Waals surface area contributed by atoms with Gasteiger partial charge in [-0.1, -0.05) is 20.8 Å². The van der Waals surface area contributed by atoms with Gasteiger partial charge in [-0.05, 0) is 48.6 Å². The van der Waals surface area contributed by atoms with Crippen molar-refractivity contribution in [3.05, 3.63) is 36.5 Å². The number of aryl methyl sites for hydroxylation is 1. The Labute approximate surface area is 195 Å². The van der Waals surface area contributed by atoms with Crippen LogP contribution in [0.15, 0.2) is 36.5 Å². The first kappa shape index (κ1) is 21.8. The van der Waals surface area contributed by atoms with Crippen molar-refractivity contribution in [1.82, 2.24) is 19.1 Å². The maximum Gasteiger partial charge on any atom is 0.157 e. The number of fused-ring (bicyclic) bond motifs is 2. The minimum atomic E-state index is 0.0929. The molecule has 0 aliphatic carbocycles. The van der Waals surface area contributed by atoms with Crippen molar-refractivity contribution in [3.63, 3.8) is 0 Å². The van der Waals surface area contributed by atoms with Crippen molar-refractivity contribution in [3.8, 4) is 17.3 Å². The molecule has 1 aliphatic rings. The average molecular weight is 447 g/mol. The number of nitrogens with two attached hydrogens (primary N) is 1. The molecule has 0 saturated carbocycles. The van der Waals surface area contributed by atoms with E-state index in [0.29, 0.717) is 0 Å². The first-order chi connectivity index (χ1) is 15.8. The zero-order chi connectivity index (χ0) is 23.3. The Bertz CT molecular complexity index is 1310. The van der Waals surface area contributed by atoms with Gasteiger partial charge in [-0.2, -0.15) is 0 Å². The molecule has 4 heterocycles. The van der Waals surface area contributed by atoms with Crippen LogP contribution < -0.4 is 15.4 Å². The number of benzene rings is 1. The van der Waals surface area contributed by atoms with E-state index in [0.717, 1.165) is 77.5 Å². The third-order valence-corrected chi connectivity index (χ3v) is 6.50. The monoisotopic (exact) mass is 446 g/mol. The number of nitrogens with zero attached hydrogens (tertiary/aromatic N) is 5. The summed E-state index contributed by atoms with van der Waals surface area (Å²) < 4.78 is 10.2. The Balaban J connectivity index is 1.75.